The van der Waals surface area contributed by atoms with Gasteiger partial charge in [0.25, 0.3) is 0 Å². The summed E-state index contributed by atoms with van der Waals surface area (Å²) in [6.07, 6.45) is 2.24. The molecule has 0 N–H and O–H groups in total. The van der Waals surface area contributed by atoms with E-state index in [2.05, 4.69) is 15.9 Å². The standard InChI is InChI=1S/C13H10BrFO/c14-11-7-6-10(12(15)13(11)16)8-9-4-2-1-3-5-9/h1-7,12H,8H2. The summed E-state index contributed by atoms with van der Waals surface area (Å²) in [4.78, 5) is 11.4. The summed E-state index contributed by atoms with van der Waals surface area (Å²) in [5.41, 5.74) is 1.52. The Morgan fingerprint density at radius 1 is 1.19 bits per heavy atom. The molecule has 0 heterocycles. The van der Waals surface area contributed by atoms with Crippen molar-refractivity contribution in [2.75, 3.05) is 0 Å². The van der Waals surface area contributed by atoms with Gasteiger partial charge in [0.1, 0.15) is 0 Å². The number of alkyl halides is 1. The van der Waals surface area contributed by atoms with Crippen molar-refractivity contribution < 1.29 is 9.18 Å². The predicted octanol–water partition coefficient (Wildman–Crippen LogP) is 3.36. The molecule has 0 aromatic heterocycles. The highest BCUT2D eigenvalue weighted by atomic mass is 79.9. The Bertz CT molecular complexity index is 462. The average Bonchev–Trinajstić information content (AvgIpc) is 2.31. The van der Waals surface area contributed by atoms with Gasteiger partial charge >= 0.3 is 0 Å². The highest BCUT2D eigenvalue weighted by Gasteiger charge is 2.26. The molecule has 0 saturated carbocycles. The second-order valence-corrected chi connectivity index (χ2v) is 4.50. The van der Waals surface area contributed by atoms with Crippen molar-refractivity contribution in [2.45, 2.75) is 12.6 Å². The molecule has 0 saturated heterocycles. The second-order valence-electron chi connectivity index (χ2n) is 3.65. The lowest BCUT2D eigenvalue weighted by atomic mass is 9.95. The van der Waals surface area contributed by atoms with Gasteiger partial charge in [-0.05, 0) is 39.6 Å². The molecule has 1 aliphatic rings. The Morgan fingerprint density at radius 2 is 1.88 bits per heavy atom. The zero-order chi connectivity index (χ0) is 11.5. The molecule has 3 heteroatoms. The van der Waals surface area contributed by atoms with Gasteiger partial charge in [-0.1, -0.05) is 36.4 Å². The fraction of sp³-hybridized carbons (Fsp3) is 0.154. The van der Waals surface area contributed by atoms with Crippen molar-refractivity contribution in [3.8, 4) is 0 Å². The van der Waals surface area contributed by atoms with Gasteiger partial charge in [0.2, 0.25) is 5.78 Å². The minimum absolute atomic E-state index is 0.303. The molecular formula is C13H10BrFO. The zero-order valence-corrected chi connectivity index (χ0v) is 10.1. The predicted molar refractivity (Wildman–Crippen MR) is 65.1 cm³/mol. The van der Waals surface area contributed by atoms with Crippen LogP contribution in [0, 0.1) is 0 Å². The van der Waals surface area contributed by atoms with Gasteiger partial charge in [0.05, 0.1) is 4.48 Å². The largest absolute Gasteiger partial charge is 0.290 e. The monoisotopic (exact) mass is 280 g/mol. The van der Waals surface area contributed by atoms with Crippen LogP contribution in [0.25, 0.3) is 0 Å². The number of hydrogen-bond acceptors (Lipinski definition) is 1. The van der Waals surface area contributed by atoms with E-state index in [9.17, 15) is 9.18 Å². The van der Waals surface area contributed by atoms with Crippen LogP contribution in [0.1, 0.15) is 5.56 Å². The quantitative estimate of drug-likeness (QED) is 0.812. The number of rotatable bonds is 2. The first-order valence-corrected chi connectivity index (χ1v) is 5.76. The van der Waals surface area contributed by atoms with Gasteiger partial charge in [-0.15, -0.1) is 0 Å². The van der Waals surface area contributed by atoms with E-state index in [-0.39, 0.29) is 0 Å². The highest BCUT2D eigenvalue weighted by molar-refractivity contribution is 9.12. The summed E-state index contributed by atoms with van der Waals surface area (Å²) in [5.74, 6) is -0.492. The van der Waals surface area contributed by atoms with Crippen LogP contribution in [-0.2, 0) is 11.2 Å². The lowest BCUT2D eigenvalue weighted by molar-refractivity contribution is -0.118. The normalized spacial score (nSPS) is 20.4. The molecule has 82 valence electrons. The molecule has 2 rings (SSSR count). The van der Waals surface area contributed by atoms with Crippen molar-refractivity contribution in [3.05, 3.63) is 58.1 Å². The van der Waals surface area contributed by atoms with E-state index < -0.39 is 12.0 Å². The molecule has 0 radical (unpaired) electrons. The van der Waals surface area contributed by atoms with Crippen LogP contribution < -0.4 is 0 Å². The third-order valence-corrected chi connectivity index (χ3v) is 3.14. The van der Waals surface area contributed by atoms with Crippen LogP contribution >= 0.6 is 15.9 Å². The molecule has 1 aromatic rings. The Labute approximate surface area is 102 Å². The summed E-state index contributed by atoms with van der Waals surface area (Å²) in [6, 6.07) is 9.56. The lowest BCUT2D eigenvalue weighted by Gasteiger charge is -2.15. The third kappa shape index (κ3) is 2.30. The SMILES string of the molecule is O=C1C(Br)=CC=C(Cc2ccccc2)C1F. The van der Waals surface area contributed by atoms with E-state index >= 15 is 0 Å². The summed E-state index contributed by atoms with van der Waals surface area (Å²) >= 11 is 3.03. The molecule has 1 nitrogen and oxygen atoms in total. The van der Waals surface area contributed by atoms with Crippen molar-refractivity contribution in [3.63, 3.8) is 0 Å². The van der Waals surface area contributed by atoms with E-state index in [1.54, 1.807) is 12.2 Å². The maximum atomic E-state index is 13.7. The molecule has 0 bridgehead atoms. The van der Waals surface area contributed by atoms with Crippen LogP contribution in [0.2, 0.25) is 0 Å². The number of hydrogen-bond donors (Lipinski definition) is 0. The van der Waals surface area contributed by atoms with Crippen molar-refractivity contribution >= 4 is 21.7 Å². The second kappa shape index (κ2) is 4.74. The fourth-order valence-electron chi connectivity index (χ4n) is 1.62. The van der Waals surface area contributed by atoms with Gasteiger partial charge in [0, 0.05) is 0 Å². The molecule has 1 atom stereocenters. The number of carbonyl (C=O) groups is 1. The van der Waals surface area contributed by atoms with Gasteiger partial charge in [-0.25, -0.2) is 4.39 Å². The number of carbonyl (C=O) groups excluding carboxylic acids is 1. The van der Waals surface area contributed by atoms with E-state index in [0.29, 0.717) is 16.5 Å². The van der Waals surface area contributed by atoms with E-state index in [0.717, 1.165) is 5.56 Å². The number of allylic oxidation sites excluding steroid dienone is 4. The number of ketones is 1. The van der Waals surface area contributed by atoms with Crippen molar-refractivity contribution in [1.82, 2.24) is 0 Å². The highest BCUT2D eigenvalue weighted by Crippen LogP contribution is 2.24. The van der Waals surface area contributed by atoms with Crippen LogP contribution in [0.15, 0.2) is 52.5 Å². The summed E-state index contributed by atoms with van der Waals surface area (Å²) in [6.45, 7) is 0. The number of Topliss-reactive ketones (excluding diaryl/α,β-unsaturated/α-hetero) is 1. The maximum absolute atomic E-state index is 13.7. The Hall–Kier alpha value is -1.22. The lowest BCUT2D eigenvalue weighted by Crippen LogP contribution is -2.22. The molecule has 0 aliphatic heterocycles. The van der Waals surface area contributed by atoms with Crippen LogP contribution in [-0.4, -0.2) is 12.0 Å². The Kier molecular flexibility index (Phi) is 3.34. The third-order valence-electron chi connectivity index (χ3n) is 2.49. The first-order valence-electron chi connectivity index (χ1n) is 4.97. The van der Waals surface area contributed by atoms with Crippen molar-refractivity contribution in [1.29, 1.82) is 0 Å². The molecule has 1 aliphatic carbocycles. The molecular weight excluding hydrogens is 271 g/mol. The van der Waals surface area contributed by atoms with Gasteiger partial charge < -0.3 is 0 Å². The van der Waals surface area contributed by atoms with Gasteiger partial charge in [0.15, 0.2) is 6.17 Å². The first-order chi connectivity index (χ1) is 7.68. The summed E-state index contributed by atoms with van der Waals surface area (Å²) in [7, 11) is 0. The average molecular weight is 281 g/mol. The first kappa shape index (κ1) is 11.3. The van der Waals surface area contributed by atoms with E-state index in [4.69, 9.17) is 0 Å². The van der Waals surface area contributed by atoms with E-state index in [1.807, 2.05) is 30.3 Å². The van der Waals surface area contributed by atoms with Crippen LogP contribution in [0.3, 0.4) is 0 Å². The summed E-state index contributed by atoms with van der Waals surface area (Å²) in [5, 5.41) is 0. The van der Waals surface area contributed by atoms with Crippen molar-refractivity contribution in [2.24, 2.45) is 0 Å². The maximum Gasteiger partial charge on any atom is 0.208 e. The molecule has 1 aromatic carbocycles. The molecule has 0 amide bonds. The Morgan fingerprint density at radius 3 is 2.56 bits per heavy atom. The minimum Gasteiger partial charge on any atom is -0.290 e. The zero-order valence-electron chi connectivity index (χ0n) is 8.49. The number of benzene rings is 1. The van der Waals surface area contributed by atoms with E-state index in [1.165, 1.54) is 0 Å². The smallest absolute Gasteiger partial charge is 0.208 e. The topological polar surface area (TPSA) is 17.1 Å². The van der Waals surface area contributed by atoms with Gasteiger partial charge in [-0.2, -0.15) is 0 Å². The van der Waals surface area contributed by atoms with Crippen LogP contribution in [0.5, 0.6) is 0 Å². The molecule has 1 unspecified atom stereocenters. The minimum atomic E-state index is -1.51. The molecule has 0 spiro atoms. The van der Waals surface area contributed by atoms with Gasteiger partial charge in [-0.3, -0.25) is 4.79 Å². The molecule has 0 fully saturated rings. The van der Waals surface area contributed by atoms with Crippen LogP contribution in [0.4, 0.5) is 4.39 Å². The number of halogens is 2. The Balaban J connectivity index is 2.20. The summed E-state index contributed by atoms with van der Waals surface area (Å²) < 4.78 is 14.0. The molecule has 16 heavy (non-hydrogen) atoms. The fourth-order valence-corrected chi connectivity index (χ4v) is 1.95.